The minimum Gasteiger partial charge on any atom is -0.346 e. The molecule has 2 fully saturated rings. The molecule has 0 radical (unpaired) electrons. The number of carbonyl (C=O) groups excluding carboxylic acids is 4. The lowest BCUT2D eigenvalue weighted by Crippen LogP contribution is -2.41. The van der Waals surface area contributed by atoms with Crippen molar-refractivity contribution in [2.75, 3.05) is 0 Å². The first-order chi connectivity index (χ1) is 27.9. The van der Waals surface area contributed by atoms with Crippen LogP contribution in [0.4, 0.5) is 0 Å². The topological polar surface area (TPSA) is 140 Å². The van der Waals surface area contributed by atoms with Crippen molar-refractivity contribution in [3.05, 3.63) is 140 Å². The summed E-state index contributed by atoms with van der Waals surface area (Å²) in [6.07, 6.45) is 6.94. The number of Topliss-reactive ketones (excluding diaryl/α,β-unsaturated/α-hetero) is 2. The van der Waals surface area contributed by atoms with Gasteiger partial charge in [0.25, 0.3) is 0 Å². The second-order valence-corrected chi connectivity index (χ2v) is 16.4. The van der Waals surface area contributed by atoms with E-state index in [-0.39, 0.29) is 35.2 Å². The molecular formula is C48H50Cl2N4O4. The minimum atomic E-state index is -0.520. The third-order valence-electron chi connectivity index (χ3n) is 11.3. The van der Waals surface area contributed by atoms with Gasteiger partial charge in [-0.2, -0.15) is 10.5 Å². The number of carbonyl (C=O) groups is 4. The van der Waals surface area contributed by atoms with E-state index in [4.69, 9.17) is 33.7 Å². The summed E-state index contributed by atoms with van der Waals surface area (Å²) in [4.78, 5) is 50.2. The number of rotatable bonds is 14. The molecule has 8 nitrogen and oxygen atoms in total. The van der Waals surface area contributed by atoms with Crippen molar-refractivity contribution in [1.29, 1.82) is 10.5 Å². The fraction of sp³-hybridized carbons (Fsp3) is 0.375. The van der Waals surface area contributed by atoms with Crippen LogP contribution in [0.15, 0.2) is 97.1 Å². The molecule has 4 aromatic rings. The Hall–Kier alpha value is -5.28. The molecule has 10 heteroatoms. The number of ketones is 2. The molecule has 0 aliphatic heterocycles. The molecule has 0 bridgehead atoms. The van der Waals surface area contributed by atoms with Crippen LogP contribution in [0.5, 0.6) is 0 Å². The van der Waals surface area contributed by atoms with Crippen molar-refractivity contribution in [2.45, 2.75) is 102 Å². The molecule has 58 heavy (non-hydrogen) atoms. The summed E-state index contributed by atoms with van der Waals surface area (Å²) in [5.74, 6) is 0.648. The molecule has 2 aliphatic carbocycles. The van der Waals surface area contributed by atoms with Crippen molar-refractivity contribution < 1.29 is 19.2 Å². The van der Waals surface area contributed by atoms with Crippen LogP contribution in [0.3, 0.4) is 0 Å². The molecule has 0 heterocycles. The number of benzene rings is 4. The molecule has 300 valence electrons. The van der Waals surface area contributed by atoms with Gasteiger partial charge in [0.2, 0.25) is 11.8 Å². The van der Waals surface area contributed by atoms with Gasteiger partial charge < -0.3 is 10.6 Å². The van der Waals surface area contributed by atoms with Crippen LogP contribution in [0.2, 0.25) is 10.0 Å². The first-order valence-corrected chi connectivity index (χ1v) is 20.8. The molecule has 0 saturated heterocycles. The van der Waals surface area contributed by atoms with E-state index in [1.165, 1.54) is 11.1 Å². The lowest BCUT2D eigenvalue weighted by Gasteiger charge is -2.17. The van der Waals surface area contributed by atoms with Crippen LogP contribution in [0, 0.1) is 34.5 Å². The number of halogens is 2. The second kappa shape index (κ2) is 21.5. The summed E-state index contributed by atoms with van der Waals surface area (Å²) in [5, 5.41) is 24.8. The van der Waals surface area contributed by atoms with Gasteiger partial charge in [-0.25, -0.2) is 0 Å². The summed E-state index contributed by atoms with van der Waals surface area (Å²) in [6.45, 7) is 3.48. The molecule has 2 N–H and O–H groups in total. The van der Waals surface area contributed by atoms with Gasteiger partial charge in [-0.05, 0) is 136 Å². The average Bonchev–Trinajstić information content (AvgIpc) is 3.94. The second-order valence-electron chi connectivity index (χ2n) is 15.5. The quantitative estimate of drug-likeness (QED) is 0.130. The highest BCUT2D eigenvalue weighted by atomic mass is 35.5. The Morgan fingerprint density at radius 3 is 1.34 bits per heavy atom. The van der Waals surface area contributed by atoms with Gasteiger partial charge in [-0.1, -0.05) is 83.9 Å². The summed E-state index contributed by atoms with van der Waals surface area (Å²) in [7, 11) is 0. The molecule has 0 unspecified atom stereocenters. The number of nitriles is 2. The van der Waals surface area contributed by atoms with E-state index >= 15 is 0 Å². The Bertz CT molecular complexity index is 1990. The number of nitrogens with one attached hydrogen (secondary N) is 2. The standard InChI is InChI=1S/2C24H25ClN2O2/c2*1-16(23(28)10-7-17-11-18(15-26)13-22(25)12-17)27-24(29)21-9-8-20(14-21)19-5-3-2-4-6-19/h2*2-6,11-13,16,20-21H,7-10,14H2,1H3,(H,27,29)/t2*16-,20+,21+/m00/s1. The fourth-order valence-corrected chi connectivity index (χ4v) is 8.52. The highest BCUT2D eigenvalue weighted by Gasteiger charge is 2.33. The molecule has 6 rings (SSSR count). The SMILES string of the molecule is C[C@H](NC(=O)[C@@H]1CC[C@@H](c2ccccc2)C1)C(=O)CCc1cc(Cl)cc(C#N)c1.C[C@H](NC(=O)[C@@H]1CC[C@@H](c2ccccc2)C1)C(=O)CCc1cc(Cl)cc(C#N)c1. The van der Waals surface area contributed by atoms with Gasteiger partial charge >= 0.3 is 0 Å². The van der Waals surface area contributed by atoms with Crippen LogP contribution < -0.4 is 10.6 Å². The Morgan fingerprint density at radius 1 is 0.603 bits per heavy atom. The van der Waals surface area contributed by atoms with Crippen LogP contribution in [0.1, 0.15) is 110 Å². The lowest BCUT2D eigenvalue weighted by atomic mass is 9.96. The third-order valence-corrected chi connectivity index (χ3v) is 11.8. The minimum absolute atomic E-state index is 0.0190. The van der Waals surface area contributed by atoms with Gasteiger partial charge in [0.1, 0.15) is 0 Å². The summed E-state index contributed by atoms with van der Waals surface area (Å²) in [6, 6.07) is 33.9. The Balaban J connectivity index is 0.000000221. The normalized spacial score (nSPS) is 19.3. The Labute approximate surface area is 351 Å². The first-order valence-electron chi connectivity index (χ1n) is 20.1. The predicted octanol–water partition coefficient (Wildman–Crippen LogP) is 9.60. The zero-order valence-electron chi connectivity index (χ0n) is 33.1. The maximum absolute atomic E-state index is 12.6. The predicted molar refractivity (Wildman–Crippen MR) is 227 cm³/mol. The van der Waals surface area contributed by atoms with Crippen LogP contribution in [-0.4, -0.2) is 35.5 Å². The lowest BCUT2D eigenvalue weighted by molar-refractivity contribution is -0.129. The van der Waals surface area contributed by atoms with E-state index in [9.17, 15) is 19.2 Å². The molecule has 0 spiro atoms. The summed E-state index contributed by atoms with van der Waals surface area (Å²) >= 11 is 12.0. The molecule has 4 aromatic carbocycles. The highest BCUT2D eigenvalue weighted by molar-refractivity contribution is 6.31. The summed E-state index contributed by atoms with van der Waals surface area (Å²) in [5.41, 5.74) is 5.23. The van der Waals surface area contributed by atoms with E-state index < -0.39 is 12.1 Å². The van der Waals surface area contributed by atoms with E-state index in [0.29, 0.717) is 58.7 Å². The monoisotopic (exact) mass is 816 g/mol. The number of hydrogen-bond acceptors (Lipinski definition) is 6. The van der Waals surface area contributed by atoms with Gasteiger partial charge in [0.05, 0.1) is 35.3 Å². The number of nitrogens with zero attached hydrogens (tertiary/aromatic N) is 2. The van der Waals surface area contributed by atoms with Crippen molar-refractivity contribution in [3.8, 4) is 12.1 Å². The van der Waals surface area contributed by atoms with E-state index in [1.807, 2.05) is 36.4 Å². The number of amides is 2. The third kappa shape index (κ3) is 12.9. The van der Waals surface area contributed by atoms with Crippen molar-refractivity contribution >= 4 is 46.6 Å². The fourth-order valence-electron chi connectivity index (χ4n) is 8.01. The number of hydrogen-bond donors (Lipinski definition) is 2. The highest BCUT2D eigenvalue weighted by Crippen LogP contribution is 2.39. The van der Waals surface area contributed by atoms with Gasteiger partial charge in [0, 0.05) is 34.7 Å². The van der Waals surface area contributed by atoms with E-state index in [0.717, 1.165) is 49.7 Å². The van der Waals surface area contributed by atoms with Crippen LogP contribution >= 0.6 is 23.2 Å². The molecule has 6 atom stereocenters. The van der Waals surface area contributed by atoms with Crippen molar-refractivity contribution in [1.82, 2.24) is 10.6 Å². The smallest absolute Gasteiger partial charge is 0.223 e. The van der Waals surface area contributed by atoms with Crippen molar-refractivity contribution in [3.63, 3.8) is 0 Å². The van der Waals surface area contributed by atoms with Crippen molar-refractivity contribution in [2.24, 2.45) is 11.8 Å². The van der Waals surface area contributed by atoms with E-state index in [1.54, 1.807) is 50.2 Å². The van der Waals surface area contributed by atoms with Gasteiger partial charge in [0.15, 0.2) is 11.6 Å². The van der Waals surface area contributed by atoms with E-state index in [2.05, 4.69) is 47.0 Å². The molecular weight excluding hydrogens is 767 g/mol. The zero-order valence-corrected chi connectivity index (χ0v) is 34.6. The summed E-state index contributed by atoms with van der Waals surface area (Å²) < 4.78 is 0. The number of aryl methyl sites for hydroxylation is 2. The van der Waals surface area contributed by atoms with Gasteiger partial charge in [-0.15, -0.1) is 0 Å². The zero-order chi connectivity index (χ0) is 41.6. The maximum atomic E-state index is 12.6. The van der Waals surface area contributed by atoms with Gasteiger partial charge in [-0.3, -0.25) is 19.2 Å². The molecule has 2 amide bonds. The maximum Gasteiger partial charge on any atom is 0.223 e. The molecule has 0 aromatic heterocycles. The largest absolute Gasteiger partial charge is 0.346 e. The molecule has 2 saturated carbocycles. The molecule has 2 aliphatic rings. The Kier molecular flexibility index (Phi) is 16.2. The Morgan fingerprint density at radius 2 is 0.983 bits per heavy atom. The van der Waals surface area contributed by atoms with Crippen LogP contribution in [-0.2, 0) is 32.0 Å². The average molecular weight is 818 g/mol. The van der Waals surface area contributed by atoms with Crippen LogP contribution in [0.25, 0.3) is 0 Å². The first kappa shape index (κ1) is 43.8.